The molecule has 0 atom stereocenters. The summed E-state index contributed by atoms with van der Waals surface area (Å²) < 4.78 is 10.2. The smallest absolute Gasteiger partial charge is 0.340 e. The van der Waals surface area contributed by atoms with Crippen molar-refractivity contribution in [2.45, 2.75) is 0 Å². The molecule has 7 heteroatoms. The molecule has 1 heterocycles. The molecule has 0 unspecified atom stereocenters. The molecule has 31 heavy (non-hydrogen) atoms. The molecule has 0 aliphatic rings. The van der Waals surface area contributed by atoms with Gasteiger partial charge in [-0.1, -0.05) is 48.5 Å². The van der Waals surface area contributed by atoms with Gasteiger partial charge in [0.1, 0.15) is 0 Å². The molecule has 0 saturated heterocycles. The van der Waals surface area contributed by atoms with Gasteiger partial charge >= 0.3 is 5.97 Å². The molecule has 0 radical (unpaired) electrons. The van der Waals surface area contributed by atoms with E-state index in [0.717, 1.165) is 10.8 Å². The summed E-state index contributed by atoms with van der Waals surface area (Å²) in [6, 6.07) is 22.7. The fourth-order valence-corrected chi connectivity index (χ4v) is 3.09. The number of hydrogen-bond acceptors (Lipinski definition) is 5. The quantitative estimate of drug-likeness (QED) is 0.453. The number of anilines is 2. The number of fused-ring (bicyclic) bond motifs is 1. The number of carbonyl (C=O) groups excluding carboxylic acids is 3. The number of furan rings is 1. The molecule has 0 aliphatic carbocycles. The van der Waals surface area contributed by atoms with Crippen LogP contribution in [-0.4, -0.2) is 24.4 Å². The Balaban J connectivity index is 1.41. The minimum atomic E-state index is -0.733. The van der Waals surface area contributed by atoms with E-state index in [2.05, 4.69) is 10.6 Å². The summed E-state index contributed by atoms with van der Waals surface area (Å²) in [5.74, 6) is -1.60. The second-order valence-corrected chi connectivity index (χ2v) is 6.63. The molecule has 2 amide bonds. The molecular weight excluding hydrogens is 396 g/mol. The first-order chi connectivity index (χ1) is 15.1. The van der Waals surface area contributed by atoms with Crippen LogP contribution < -0.4 is 10.6 Å². The summed E-state index contributed by atoms with van der Waals surface area (Å²) in [7, 11) is 0. The van der Waals surface area contributed by atoms with Crippen LogP contribution >= 0.6 is 0 Å². The molecule has 7 nitrogen and oxygen atoms in total. The molecular formula is C24H18N2O5. The topological polar surface area (TPSA) is 97.6 Å². The molecule has 0 bridgehead atoms. The van der Waals surface area contributed by atoms with E-state index in [0.29, 0.717) is 5.69 Å². The van der Waals surface area contributed by atoms with Gasteiger partial charge in [-0.25, -0.2) is 4.79 Å². The van der Waals surface area contributed by atoms with E-state index in [9.17, 15) is 14.4 Å². The third-order valence-corrected chi connectivity index (χ3v) is 4.54. The first-order valence-corrected chi connectivity index (χ1v) is 9.50. The van der Waals surface area contributed by atoms with Gasteiger partial charge in [0.25, 0.3) is 11.8 Å². The zero-order valence-electron chi connectivity index (χ0n) is 16.3. The highest BCUT2D eigenvalue weighted by Gasteiger charge is 2.17. The zero-order chi connectivity index (χ0) is 21.6. The first-order valence-electron chi connectivity index (χ1n) is 9.50. The Hall–Kier alpha value is -4.39. The number of para-hydroxylation sites is 1. The summed E-state index contributed by atoms with van der Waals surface area (Å²) in [5.41, 5.74) is 1.01. The maximum absolute atomic E-state index is 12.5. The highest BCUT2D eigenvalue weighted by atomic mass is 16.5. The number of benzene rings is 3. The Morgan fingerprint density at radius 1 is 0.774 bits per heavy atom. The van der Waals surface area contributed by atoms with Crippen molar-refractivity contribution in [1.82, 2.24) is 0 Å². The summed E-state index contributed by atoms with van der Waals surface area (Å²) in [6.45, 7) is -0.470. The van der Waals surface area contributed by atoms with Gasteiger partial charge in [0, 0.05) is 11.1 Å². The van der Waals surface area contributed by atoms with Crippen LogP contribution in [-0.2, 0) is 9.53 Å². The van der Waals surface area contributed by atoms with Gasteiger partial charge in [-0.2, -0.15) is 0 Å². The van der Waals surface area contributed by atoms with E-state index in [-0.39, 0.29) is 17.0 Å². The van der Waals surface area contributed by atoms with Crippen LogP contribution in [0.15, 0.2) is 89.5 Å². The number of rotatable bonds is 6. The second-order valence-electron chi connectivity index (χ2n) is 6.63. The normalized spacial score (nSPS) is 10.5. The van der Waals surface area contributed by atoms with Gasteiger partial charge in [0.15, 0.2) is 12.4 Å². The van der Waals surface area contributed by atoms with Gasteiger partial charge in [-0.3, -0.25) is 9.59 Å². The number of nitrogens with one attached hydrogen (secondary N) is 2. The number of ether oxygens (including phenoxy) is 1. The van der Waals surface area contributed by atoms with Crippen LogP contribution in [0.1, 0.15) is 20.9 Å². The van der Waals surface area contributed by atoms with Crippen molar-refractivity contribution in [2.24, 2.45) is 0 Å². The number of amides is 2. The summed E-state index contributed by atoms with van der Waals surface area (Å²) in [5, 5.41) is 7.24. The minimum absolute atomic E-state index is 0.109. The van der Waals surface area contributed by atoms with Crippen molar-refractivity contribution in [3.8, 4) is 0 Å². The van der Waals surface area contributed by atoms with Crippen molar-refractivity contribution in [3.05, 3.63) is 96.4 Å². The molecule has 0 aliphatic heterocycles. The minimum Gasteiger partial charge on any atom is -0.459 e. The van der Waals surface area contributed by atoms with Gasteiger partial charge < -0.3 is 19.8 Å². The molecule has 1 aromatic heterocycles. The van der Waals surface area contributed by atoms with E-state index in [1.54, 1.807) is 30.3 Å². The monoisotopic (exact) mass is 414 g/mol. The average molecular weight is 414 g/mol. The standard InChI is InChI=1S/C24H18N2O5/c27-22(25-19-12-5-8-16-7-1-2-9-17(16)19)15-31-24(29)18-10-3-4-11-20(18)26-23(28)21-13-6-14-30-21/h1-14H,15H2,(H,25,27)(H,26,28). The van der Waals surface area contributed by atoms with Crippen molar-refractivity contribution in [1.29, 1.82) is 0 Å². The maximum Gasteiger partial charge on any atom is 0.340 e. The molecule has 0 fully saturated rings. The lowest BCUT2D eigenvalue weighted by molar-refractivity contribution is -0.119. The predicted molar refractivity (Wildman–Crippen MR) is 116 cm³/mol. The van der Waals surface area contributed by atoms with Crippen LogP contribution in [0.3, 0.4) is 0 Å². The molecule has 4 rings (SSSR count). The molecule has 2 N–H and O–H groups in total. The average Bonchev–Trinajstić information content (AvgIpc) is 3.33. The molecule has 154 valence electrons. The van der Waals surface area contributed by atoms with E-state index < -0.39 is 24.4 Å². The molecule has 0 saturated carbocycles. The van der Waals surface area contributed by atoms with E-state index >= 15 is 0 Å². The first kappa shape index (κ1) is 19.9. The number of carbonyl (C=O) groups is 3. The maximum atomic E-state index is 12.5. The van der Waals surface area contributed by atoms with E-state index in [1.165, 1.54) is 18.4 Å². The third kappa shape index (κ3) is 4.62. The van der Waals surface area contributed by atoms with E-state index in [4.69, 9.17) is 9.15 Å². The van der Waals surface area contributed by atoms with Crippen LogP contribution in [0, 0.1) is 0 Å². The molecule has 0 spiro atoms. The predicted octanol–water partition coefficient (Wildman–Crippen LogP) is 4.48. The van der Waals surface area contributed by atoms with Crippen LogP contribution in [0.5, 0.6) is 0 Å². The summed E-state index contributed by atoms with van der Waals surface area (Å²) in [4.78, 5) is 37.1. The van der Waals surface area contributed by atoms with Crippen LogP contribution in [0.4, 0.5) is 11.4 Å². The van der Waals surface area contributed by atoms with Gasteiger partial charge in [-0.15, -0.1) is 0 Å². The fourth-order valence-electron chi connectivity index (χ4n) is 3.09. The second kappa shape index (κ2) is 8.96. The third-order valence-electron chi connectivity index (χ3n) is 4.54. The van der Waals surface area contributed by atoms with Crippen molar-refractivity contribution in [2.75, 3.05) is 17.2 Å². The SMILES string of the molecule is O=C(COC(=O)c1ccccc1NC(=O)c1ccco1)Nc1cccc2ccccc12. The Kier molecular flexibility index (Phi) is 5.75. The Morgan fingerprint density at radius 2 is 1.52 bits per heavy atom. The lowest BCUT2D eigenvalue weighted by Gasteiger charge is -2.11. The lowest BCUT2D eigenvalue weighted by Crippen LogP contribution is -2.22. The Morgan fingerprint density at radius 3 is 2.35 bits per heavy atom. The largest absolute Gasteiger partial charge is 0.459 e. The fraction of sp³-hybridized carbons (Fsp3) is 0.0417. The zero-order valence-corrected chi connectivity index (χ0v) is 16.3. The Labute approximate surface area is 177 Å². The van der Waals surface area contributed by atoms with Crippen LogP contribution in [0.25, 0.3) is 10.8 Å². The van der Waals surface area contributed by atoms with Gasteiger partial charge in [0.2, 0.25) is 0 Å². The highest BCUT2D eigenvalue weighted by Crippen LogP contribution is 2.23. The highest BCUT2D eigenvalue weighted by molar-refractivity contribution is 6.07. The van der Waals surface area contributed by atoms with Crippen molar-refractivity contribution < 1.29 is 23.5 Å². The molecule has 3 aromatic carbocycles. The van der Waals surface area contributed by atoms with Gasteiger partial charge in [-0.05, 0) is 35.7 Å². The summed E-state index contributed by atoms with van der Waals surface area (Å²) in [6.07, 6.45) is 1.38. The van der Waals surface area contributed by atoms with Crippen molar-refractivity contribution >= 4 is 39.9 Å². The van der Waals surface area contributed by atoms with E-state index in [1.807, 2.05) is 36.4 Å². The summed E-state index contributed by atoms with van der Waals surface area (Å²) >= 11 is 0. The van der Waals surface area contributed by atoms with Crippen molar-refractivity contribution in [3.63, 3.8) is 0 Å². The lowest BCUT2D eigenvalue weighted by atomic mass is 10.1. The number of hydrogen-bond donors (Lipinski definition) is 2. The van der Waals surface area contributed by atoms with Gasteiger partial charge in [0.05, 0.1) is 17.5 Å². The van der Waals surface area contributed by atoms with Crippen LogP contribution in [0.2, 0.25) is 0 Å². The number of esters is 1. The Bertz CT molecular complexity index is 1240. The molecule has 4 aromatic rings.